The summed E-state index contributed by atoms with van der Waals surface area (Å²) in [6.45, 7) is 0.302. The summed E-state index contributed by atoms with van der Waals surface area (Å²) in [5.74, 6) is -0.938. The molecule has 0 aliphatic heterocycles. The van der Waals surface area contributed by atoms with Gasteiger partial charge in [-0.1, -0.05) is 12.2 Å². The highest BCUT2D eigenvalue weighted by atomic mass is 16.5. The normalized spacial score (nSPS) is 27.1. The van der Waals surface area contributed by atoms with Crippen LogP contribution in [0, 0.1) is 23.7 Å². The molecule has 2 N–H and O–H groups in total. The maximum atomic E-state index is 12.6. The molecule has 2 aliphatic rings. The standard InChI is InChI=1S/C18H21NO5/c1-23-13-5-10(6-14(8-13)24-2)9-19-17(20)15-11-3-4-12(7-11)16(15)18(21)22/h3-6,8,11-12,15-16H,7,9H2,1-2H3,(H,19,20)(H,21,22)/t11-,12-,15+,16-/m0/s1. The molecule has 3 rings (SSSR count). The van der Waals surface area contributed by atoms with E-state index in [1.54, 1.807) is 20.3 Å². The van der Waals surface area contributed by atoms with E-state index in [9.17, 15) is 14.7 Å². The topological polar surface area (TPSA) is 84.9 Å². The predicted octanol–water partition coefficient (Wildman–Crippen LogP) is 1.84. The van der Waals surface area contributed by atoms with E-state index in [-0.39, 0.29) is 17.7 Å². The van der Waals surface area contributed by atoms with Crippen LogP contribution in [0.15, 0.2) is 30.4 Å². The second kappa shape index (κ2) is 6.55. The summed E-state index contributed by atoms with van der Waals surface area (Å²) >= 11 is 0. The Bertz CT molecular complexity index is 662. The first-order chi connectivity index (χ1) is 11.5. The number of rotatable bonds is 6. The highest BCUT2D eigenvalue weighted by molar-refractivity contribution is 5.86. The number of fused-ring (bicyclic) bond motifs is 2. The molecule has 0 aromatic heterocycles. The molecule has 1 aromatic rings. The molecule has 0 heterocycles. The summed E-state index contributed by atoms with van der Waals surface area (Å²) < 4.78 is 10.4. The zero-order chi connectivity index (χ0) is 17.3. The molecular weight excluding hydrogens is 310 g/mol. The molecule has 6 heteroatoms. The second-order valence-electron chi connectivity index (χ2n) is 6.28. The van der Waals surface area contributed by atoms with Gasteiger partial charge in [-0.05, 0) is 36.0 Å². The molecule has 2 aliphatic carbocycles. The molecule has 6 nitrogen and oxygen atoms in total. The third kappa shape index (κ3) is 2.96. The van der Waals surface area contributed by atoms with Gasteiger partial charge in [-0.25, -0.2) is 0 Å². The lowest BCUT2D eigenvalue weighted by atomic mass is 9.82. The highest BCUT2D eigenvalue weighted by Gasteiger charge is 2.51. The molecule has 0 unspecified atom stereocenters. The molecule has 2 bridgehead atoms. The quantitative estimate of drug-likeness (QED) is 0.777. The number of amides is 1. The van der Waals surface area contributed by atoms with Gasteiger partial charge in [-0.2, -0.15) is 0 Å². The smallest absolute Gasteiger partial charge is 0.307 e. The van der Waals surface area contributed by atoms with Crippen molar-refractivity contribution in [1.82, 2.24) is 5.32 Å². The Labute approximate surface area is 140 Å². The predicted molar refractivity (Wildman–Crippen MR) is 86.7 cm³/mol. The third-order valence-corrected chi connectivity index (χ3v) is 4.93. The van der Waals surface area contributed by atoms with E-state index in [1.807, 2.05) is 24.3 Å². The monoisotopic (exact) mass is 331 g/mol. The fourth-order valence-corrected chi connectivity index (χ4v) is 3.79. The number of nitrogens with one attached hydrogen (secondary N) is 1. The van der Waals surface area contributed by atoms with E-state index in [4.69, 9.17) is 9.47 Å². The van der Waals surface area contributed by atoms with Crippen molar-refractivity contribution in [2.45, 2.75) is 13.0 Å². The highest BCUT2D eigenvalue weighted by Crippen LogP contribution is 2.48. The van der Waals surface area contributed by atoms with Crippen molar-refractivity contribution >= 4 is 11.9 Å². The number of carbonyl (C=O) groups is 2. The van der Waals surface area contributed by atoms with Crippen LogP contribution in [0.3, 0.4) is 0 Å². The SMILES string of the molecule is COc1cc(CNC(=O)[C@H]2[C@@H](C(=O)O)[C@H]3C=C[C@H]2C3)cc(OC)c1. The van der Waals surface area contributed by atoms with Gasteiger partial charge in [0.15, 0.2) is 0 Å². The molecule has 4 atom stereocenters. The van der Waals surface area contributed by atoms with Crippen LogP contribution in [0.5, 0.6) is 11.5 Å². The third-order valence-electron chi connectivity index (χ3n) is 4.93. The fraction of sp³-hybridized carbons (Fsp3) is 0.444. The molecule has 1 saturated carbocycles. The number of hydrogen-bond acceptors (Lipinski definition) is 4. The van der Waals surface area contributed by atoms with Crippen LogP contribution in [0.4, 0.5) is 0 Å². The largest absolute Gasteiger partial charge is 0.497 e. The van der Waals surface area contributed by atoms with Crippen LogP contribution in [0.2, 0.25) is 0 Å². The van der Waals surface area contributed by atoms with Crippen LogP contribution in [-0.2, 0) is 16.1 Å². The number of allylic oxidation sites excluding steroid dienone is 2. The van der Waals surface area contributed by atoms with Crippen molar-refractivity contribution in [3.8, 4) is 11.5 Å². The van der Waals surface area contributed by atoms with Crippen molar-refractivity contribution in [2.24, 2.45) is 23.7 Å². The zero-order valence-corrected chi connectivity index (χ0v) is 13.7. The van der Waals surface area contributed by atoms with Gasteiger partial charge in [0.05, 0.1) is 26.1 Å². The minimum Gasteiger partial charge on any atom is -0.497 e. The van der Waals surface area contributed by atoms with Gasteiger partial charge in [0.2, 0.25) is 5.91 Å². The molecule has 0 spiro atoms. The van der Waals surface area contributed by atoms with Crippen molar-refractivity contribution in [3.05, 3.63) is 35.9 Å². The molecule has 0 radical (unpaired) electrons. The maximum Gasteiger partial charge on any atom is 0.307 e. The fourth-order valence-electron chi connectivity index (χ4n) is 3.79. The molecule has 24 heavy (non-hydrogen) atoms. The van der Waals surface area contributed by atoms with Gasteiger partial charge in [0, 0.05) is 12.6 Å². The van der Waals surface area contributed by atoms with Crippen molar-refractivity contribution < 1.29 is 24.2 Å². The lowest BCUT2D eigenvalue weighted by Gasteiger charge is -2.24. The van der Waals surface area contributed by atoms with Crippen molar-refractivity contribution in [2.75, 3.05) is 14.2 Å². The van der Waals surface area contributed by atoms with Crippen LogP contribution >= 0.6 is 0 Å². The Balaban J connectivity index is 1.70. The van der Waals surface area contributed by atoms with E-state index < -0.39 is 17.8 Å². The van der Waals surface area contributed by atoms with E-state index in [0.29, 0.717) is 18.0 Å². The average molecular weight is 331 g/mol. The van der Waals surface area contributed by atoms with E-state index in [0.717, 1.165) is 12.0 Å². The van der Waals surface area contributed by atoms with E-state index in [2.05, 4.69) is 5.32 Å². The summed E-state index contributed by atoms with van der Waals surface area (Å²) in [7, 11) is 3.13. The van der Waals surface area contributed by atoms with Crippen LogP contribution in [0.25, 0.3) is 0 Å². The Kier molecular flexibility index (Phi) is 4.46. The minimum absolute atomic E-state index is 0.0240. The lowest BCUT2D eigenvalue weighted by molar-refractivity contribution is -0.147. The first-order valence-electron chi connectivity index (χ1n) is 7.94. The summed E-state index contributed by atoms with van der Waals surface area (Å²) in [5.41, 5.74) is 0.838. The number of benzene rings is 1. The zero-order valence-electron chi connectivity index (χ0n) is 13.7. The minimum atomic E-state index is -0.893. The molecule has 1 aromatic carbocycles. The van der Waals surface area contributed by atoms with Gasteiger partial charge in [0.1, 0.15) is 11.5 Å². The van der Waals surface area contributed by atoms with Gasteiger partial charge in [-0.3, -0.25) is 9.59 Å². The number of carboxylic acid groups (broad SMARTS) is 1. The number of hydrogen-bond donors (Lipinski definition) is 2. The van der Waals surface area contributed by atoms with Crippen LogP contribution < -0.4 is 14.8 Å². The van der Waals surface area contributed by atoms with E-state index >= 15 is 0 Å². The Morgan fingerprint density at radius 1 is 1.08 bits per heavy atom. The van der Waals surface area contributed by atoms with Gasteiger partial charge in [0.25, 0.3) is 0 Å². The Hall–Kier alpha value is -2.50. The van der Waals surface area contributed by atoms with Gasteiger partial charge < -0.3 is 19.9 Å². The van der Waals surface area contributed by atoms with Gasteiger partial charge in [-0.15, -0.1) is 0 Å². The van der Waals surface area contributed by atoms with E-state index in [1.165, 1.54) is 0 Å². The second-order valence-corrected chi connectivity index (χ2v) is 6.28. The first kappa shape index (κ1) is 16.4. The van der Waals surface area contributed by atoms with Crippen LogP contribution in [0.1, 0.15) is 12.0 Å². The Morgan fingerprint density at radius 3 is 2.21 bits per heavy atom. The van der Waals surface area contributed by atoms with Crippen LogP contribution in [-0.4, -0.2) is 31.2 Å². The molecular formula is C18H21NO5. The summed E-state index contributed by atoms with van der Waals surface area (Å²) in [6, 6.07) is 5.39. The summed E-state index contributed by atoms with van der Waals surface area (Å²) in [5, 5.41) is 12.3. The molecule has 0 saturated heterocycles. The lowest BCUT2D eigenvalue weighted by Crippen LogP contribution is -2.39. The molecule has 1 amide bonds. The maximum absolute atomic E-state index is 12.6. The molecule has 128 valence electrons. The number of methoxy groups -OCH3 is 2. The number of ether oxygens (including phenoxy) is 2. The first-order valence-corrected chi connectivity index (χ1v) is 7.94. The van der Waals surface area contributed by atoms with Gasteiger partial charge >= 0.3 is 5.97 Å². The molecule has 1 fully saturated rings. The summed E-state index contributed by atoms with van der Waals surface area (Å²) in [6.07, 6.45) is 4.66. The van der Waals surface area contributed by atoms with Crippen molar-refractivity contribution in [3.63, 3.8) is 0 Å². The van der Waals surface area contributed by atoms with Crippen molar-refractivity contribution in [1.29, 1.82) is 0 Å². The summed E-state index contributed by atoms with van der Waals surface area (Å²) in [4.78, 5) is 24.1. The number of aliphatic carboxylic acids is 1. The number of carboxylic acids is 1. The Morgan fingerprint density at radius 2 is 1.67 bits per heavy atom. The number of carbonyl (C=O) groups excluding carboxylic acids is 1. The average Bonchev–Trinajstić information content (AvgIpc) is 3.20.